The average molecular weight is 300 g/mol. The van der Waals surface area contributed by atoms with Crippen LogP contribution in [0.2, 0.25) is 5.02 Å². The summed E-state index contributed by atoms with van der Waals surface area (Å²) in [6, 6.07) is 9.97. The van der Waals surface area contributed by atoms with Crippen molar-refractivity contribution in [2.45, 2.75) is 6.54 Å². The van der Waals surface area contributed by atoms with Gasteiger partial charge in [0.2, 0.25) is 0 Å². The van der Waals surface area contributed by atoms with E-state index in [2.05, 4.69) is 31.9 Å². The molecule has 4 heteroatoms. The summed E-state index contributed by atoms with van der Waals surface area (Å²) in [5.41, 5.74) is 2.26. The van der Waals surface area contributed by atoms with Gasteiger partial charge in [-0.3, -0.25) is 0 Å². The van der Waals surface area contributed by atoms with Crippen molar-refractivity contribution in [3.63, 3.8) is 0 Å². The van der Waals surface area contributed by atoms with E-state index in [1.807, 2.05) is 37.5 Å². The van der Waals surface area contributed by atoms with Gasteiger partial charge in [-0.05, 0) is 46.3 Å². The van der Waals surface area contributed by atoms with Crippen molar-refractivity contribution in [3.05, 3.63) is 51.7 Å². The Morgan fingerprint density at radius 1 is 1.38 bits per heavy atom. The SMILES string of the molecule is Cn1cccc1CNc1ccc(Br)c(Cl)c1. The Hall–Kier alpha value is -0.930. The third-order valence-corrected chi connectivity index (χ3v) is 3.68. The molecule has 0 saturated heterocycles. The molecule has 0 saturated carbocycles. The molecule has 84 valence electrons. The van der Waals surface area contributed by atoms with Crippen LogP contribution in [0.25, 0.3) is 0 Å². The first-order valence-electron chi connectivity index (χ1n) is 4.96. The molecule has 0 aliphatic heterocycles. The number of hydrogen-bond acceptors (Lipinski definition) is 1. The zero-order chi connectivity index (χ0) is 11.5. The molecule has 0 fully saturated rings. The van der Waals surface area contributed by atoms with Crippen molar-refractivity contribution in [2.75, 3.05) is 5.32 Å². The van der Waals surface area contributed by atoms with Crippen LogP contribution in [0, 0.1) is 0 Å². The highest BCUT2D eigenvalue weighted by Gasteiger charge is 2.00. The highest BCUT2D eigenvalue weighted by molar-refractivity contribution is 9.10. The maximum atomic E-state index is 6.01. The molecule has 2 aromatic rings. The number of nitrogens with zero attached hydrogens (tertiary/aromatic N) is 1. The van der Waals surface area contributed by atoms with E-state index in [1.54, 1.807) is 0 Å². The van der Waals surface area contributed by atoms with Crippen LogP contribution < -0.4 is 5.32 Å². The zero-order valence-corrected chi connectivity index (χ0v) is 11.2. The van der Waals surface area contributed by atoms with Crippen molar-refractivity contribution < 1.29 is 0 Å². The van der Waals surface area contributed by atoms with E-state index < -0.39 is 0 Å². The van der Waals surface area contributed by atoms with E-state index >= 15 is 0 Å². The fraction of sp³-hybridized carbons (Fsp3) is 0.167. The Kier molecular flexibility index (Phi) is 3.56. The van der Waals surface area contributed by atoms with Crippen LogP contribution >= 0.6 is 27.5 Å². The van der Waals surface area contributed by atoms with Gasteiger partial charge < -0.3 is 9.88 Å². The zero-order valence-electron chi connectivity index (χ0n) is 8.87. The van der Waals surface area contributed by atoms with Gasteiger partial charge in [0.05, 0.1) is 11.6 Å². The van der Waals surface area contributed by atoms with Gasteiger partial charge in [-0.25, -0.2) is 0 Å². The van der Waals surface area contributed by atoms with Crippen molar-refractivity contribution in [1.29, 1.82) is 0 Å². The fourth-order valence-electron chi connectivity index (χ4n) is 1.48. The molecule has 0 atom stereocenters. The number of anilines is 1. The highest BCUT2D eigenvalue weighted by atomic mass is 79.9. The summed E-state index contributed by atoms with van der Waals surface area (Å²) < 4.78 is 3.01. The molecule has 16 heavy (non-hydrogen) atoms. The lowest BCUT2D eigenvalue weighted by atomic mass is 10.3. The van der Waals surface area contributed by atoms with Crippen LogP contribution in [-0.4, -0.2) is 4.57 Å². The lowest BCUT2D eigenvalue weighted by Gasteiger charge is -2.08. The van der Waals surface area contributed by atoms with Crippen LogP contribution in [0.5, 0.6) is 0 Å². The summed E-state index contributed by atoms with van der Waals surface area (Å²) in [7, 11) is 2.03. The van der Waals surface area contributed by atoms with Gasteiger partial charge in [0.25, 0.3) is 0 Å². The molecular formula is C12H12BrClN2. The average Bonchev–Trinajstić information content (AvgIpc) is 2.66. The molecule has 0 aliphatic rings. The van der Waals surface area contributed by atoms with Crippen molar-refractivity contribution in [2.24, 2.45) is 7.05 Å². The van der Waals surface area contributed by atoms with Crippen LogP contribution in [0.1, 0.15) is 5.69 Å². The molecule has 0 amide bonds. The topological polar surface area (TPSA) is 17.0 Å². The van der Waals surface area contributed by atoms with E-state index in [4.69, 9.17) is 11.6 Å². The Morgan fingerprint density at radius 2 is 2.19 bits per heavy atom. The lowest BCUT2D eigenvalue weighted by molar-refractivity contribution is 0.842. The second-order valence-electron chi connectivity index (χ2n) is 3.59. The minimum absolute atomic E-state index is 0.719. The number of hydrogen-bond donors (Lipinski definition) is 1. The molecule has 0 bridgehead atoms. The predicted octanol–water partition coefficient (Wildman–Crippen LogP) is 4.05. The van der Waals surface area contributed by atoms with Gasteiger partial charge in [-0.15, -0.1) is 0 Å². The standard InChI is InChI=1S/C12H12BrClN2/c1-16-6-2-3-10(16)8-15-9-4-5-11(13)12(14)7-9/h2-7,15H,8H2,1H3. The van der Waals surface area contributed by atoms with Gasteiger partial charge in [0.15, 0.2) is 0 Å². The minimum atomic E-state index is 0.719. The Morgan fingerprint density at radius 3 is 2.81 bits per heavy atom. The smallest absolute Gasteiger partial charge is 0.0568 e. The Balaban J connectivity index is 2.05. The third-order valence-electron chi connectivity index (χ3n) is 2.44. The third kappa shape index (κ3) is 2.60. The Labute approximate surface area is 108 Å². The number of nitrogens with one attached hydrogen (secondary N) is 1. The van der Waals surface area contributed by atoms with Gasteiger partial charge in [0, 0.05) is 29.1 Å². The molecule has 2 rings (SSSR count). The van der Waals surface area contributed by atoms with Gasteiger partial charge in [-0.2, -0.15) is 0 Å². The summed E-state index contributed by atoms with van der Waals surface area (Å²) in [6.45, 7) is 0.793. The maximum Gasteiger partial charge on any atom is 0.0568 e. The number of aryl methyl sites for hydroxylation is 1. The van der Waals surface area contributed by atoms with Gasteiger partial charge >= 0.3 is 0 Å². The van der Waals surface area contributed by atoms with Gasteiger partial charge in [-0.1, -0.05) is 11.6 Å². The summed E-state index contributed by atoms with van der Waals surface area (Å²) in [5.74, 6) is 0. The first-order valence-corrected chi connectivity index (χ1v) is 6.13. The maximum absolute atomic E-state index is 6.01. The monoisotopic (exact) mass is 298 g/mol. The van der Waals surface area contributed by atoms with Crippen molar-refractivity contribution >= 4 is 33.2 Å². The Bertz CT molecular complexity index is 494. The van der Waals surface area contributed by atoms with Crippen LogP contribution in [0.15, 0.2) is 41.0 Å². The molecule has 2 nitrogen and oxygen atoms in total. The van der Waals surface area contributed by atoms with Crippen LogP contribution in [0.4, 0.5) is 5.69 Å². The largest absolute Gasteiger partial charge is 0.379 e. The number of rotatable bonds is 3. The summed E-state index contributed by atoms with van der Waals surface area (Å²) in [5, 5.41) is 4.05. The summed E-state index contributed by atoms with van der Waals surface area (Å²) in [4.78, 5) is 0. The van der Waals surface area contributed by atoms with E-state index in [-0.39, 0.29) is 0 Å². The molecule has 1 aromatic heterocycles. The molecule has 1 heterocycles. The predicted molar refractivity (Wildman–Crippen MR) is 71.9 cm³/mol. The fourth-order valence-corrected chi connectivity index (χ4v) is 1.91. The first-order chi connectivity index (χ1) is 7.66. The second-order valence-corrected chi connectivity index (χ2v) is 4.85. The normalized spacial score (nSPS) is 10.4. The molecule has 0 aliphatic carbocycles. The van der Waals surface area contributed by atoms with Crippen LogP contribution in [0.3, 0.4) is 0 Å². The number of aromatic nitrogens is 1. The summed E-state index contributed by atoms with van der Waals surface area (Å²) in [6.07, 6.45) is 2.03. The molecule has 1 N–H and O–H groups in total. The minimum Gasteiger partial charge on any atom is -0.379 e. The summed E-state index contributed by atoms with van der Waals surface area (Å²) >= 11 is 9.38. The highest BCUT2D eigenvalue weighted by Crippen LogP contribution is 2.25. The van der Waals surface area contributed by atoms with E-state index in [1.165, 1.54) is 5.69 Å². The first kappa shape index (κ1) is 11.6. The van der Waals surface area contributed by atoms with Crippen molar-refractivity contribution in [3.8, 4) is 0 Å². The quantitative estimate of drug-likeness (QED) is 0.904. The van der Waals surface area contributed by atoms with Gasteiger partial charge in [0.1, 0.15) is 0 Å². The van der Waals surface area contributed by atoms with Crippen LogP contribution in [-0.2, 0) is 13.6 Å². The molecule has 0 unspecified atom stereocenters. The molecule has 0 spiro atoms. The lowest BCUT2D eigenvalue weighted by Crippen LogP contribution is -2.03. The van der Waals surface area contributed by atoms with E-state index in [0.717, 1.165) is 21.7 Å². The molecule has 1 aromatic carbocycles. The van der Waals surface area contributed by atoms with Crippen molar-refractivity contribution in [1.82, 2.24) is 4.57 Å². The van der Waals surface area contributed by atoms with E-state index in [0.29, 0.717) is 0 Å². The molecule has 0 radical (unpaired) electrons. The number of halogens is 2. The number of benzene rings is 1. The second kappa shape index (κ2) is 4.93. The van der Waals surface area contributed by atoms with E-state index in [9.17, 15) is 0 Å². The molecular weight excluding hydrogens is 288 g/mol.